The summed E-state index contributed by atoms with van der Waals surface area (Å²) in [6.45, 7) is 0. The normalized spacial score (nSPS) is 11.7. The summed E-state index contributed by atoms with van der Waals surface area (Å²) in [5, 5.41) is 6.11. The third-order valence-electron chi connectivity index (χ3n) is 9.16. The lowest BCUT2D eigenvalue weighted by Gasteiger charge is -2.32. The molecule has 0 saturated carbocycles. The number of ketones is 2. The first-order valence-corrected chi connectivity index (χ1v) is 22.0. The molecule has 0 aliphatic heterocycles. The Balaban J connectivity index is 1.54. The Morgan fingerprint density at radius 1 is 0.400 bits per heavy atom. The van der Waals surface area contributed by atoms with Gasteiger partial charge in [-0.1, -0.05) is 119 Å². The van der Waals surface area contributed by atoms with Crippen LogP contribution >= 0.6 is 60.9 Å². The molecule has 50 heavy (non-hydrogen) atoms. The van der Waals surface area contributed by atoms with Gasteiger partial charge in [-0.05, 0) is 84.9 Å². The molecule has 0 aromatic heterocycles. The lowest BCUT2D eigenvalue weighted by molar-refractivity contribution is 0.101. The smallest absolute Gasteiger partial charge is 0.202 e. The molecule has 2 nitrogen and oxygen atoms in total. The first-order valence-electron chi connectivity index (χ1n) is 16.1. The fraction of sp³-hybridized carbons (Fsp3) is 0.0952. The summed E-state index contributed by atoms with van der Waals surface area (Å²) >= 11 is 25.8. The van der Waals surface area contributed by atoms with E-state index in [-0.39, 0.29) is 23.9 Å². The van der Waals surface area contributed by atoms with E-state index < -0.39 is 14.5 Å². The molecule has 0 unspecified atom stereocenters. The number of hydrogen-bond donors (Lipinski definition) is 0. The average Bonchev–Trinajstić information content (AvgIpc) is 3.14. The van der Waals surface area contributed by atoms with E-state index in [0.29, 0.717) is 43.5 Å². The quantitative estimate of drug-likeness (QED) is 0.0865. The van der Waals surface area contributed by atoms with Crippen molar-refractivity contribution in [1.29, 1.82) is 0 Å². The minimum atomic E-state index is -2.49. The Bertz CT molecular complexity index is 1860. The molecule has 0 atom stereocenters. The first-order chi connectivity index (χ1) is 24.2. The van der Waals surface area contributed by atoms with Gasteiger partial charge in [-0.2, -0.15) is 0 Å². The zero-order valence-electron chi connectivity index (χ0n) is 27.1. The molecule has 6 aromatic carbocycles. The van der Waals surface area contributed by atoms with Crippen molar-refractivity contribution in [3.05, 3.63) is 189 Å². The summed E-state index contributed by atoms with van der Waals surface area (Å²) in [6, 6.07) is 51.5. The molecule has 0 radical (unpaired) electrons. The molecule has 8 heteroatoms. The molecule has 0 aliphatic carbocycles. The molecule has 0 heterocycles. The van der Waals surface area contributed by atoms with Gasteiger partial charge in [0.2, 0.25) is 11.6 Å². The molecule has 0 spiro atoms. The lowest BCUT2D eigenvalue weighted by Crippen LogP contribution is -2.36. The molecule has 0 aliphatic rings. The SMILES string of the molecule is O=C(C[P+](CC[P+](CC(=O)c1ccc(Cl)cc1Cl)(c1ccccc1)c1ccccc1)(c1ccccc1)c1ccccc1)c1ccc(Cl)cc1Cl. The Hall–Kier alpha value is -3.32. The number of carbonyl (C=O) groups excluding carboxylic acids is 2. The second-order valence-electron chi connectivity index (χ2n) is 12.1. The molecule has 0 fully saturated rings. The number of halogens is 4. The van der Waals surface area contributed by atoms with Gasteiger partial charge in [-0.25, -0.2) is 0 Å². The summed E-state index contributed by atoms with van der Waals surface area (Å²) < 4.78 is 0. The zero-order valence-corrected chi connectivity index (χ0v) is 31.9. The summed E-state index contributed by atoms with van der Waals surface area (Å²) in [7, 11) is -4.98. The minimum Gasteiger partial charge on any atom is -0.290 e. The molecule has 250 valence electrons. The van der Waals surface area contributed by atoms with Crippen molar-refractivity contribution in [3.63, 3.8) is 0 Å². The van der Waals surface area contributed by atoms with Crippen molar-refractivity contribution < 1.29 is 9.59 Å². The van der Waals surface area contributed by atoms with Gasteiger partial charge >= 0.3 is 0 Å². The second-order valence-corrected chi connectivity index (χ2v) is 21.3. The van der Waals surface area contributed by atoms with Crippen LogP contribution in [-0.2, 0) is 0 Å². The first kappa shape index (κ1) is 36.5. The highest BCUT2D eigenvalue weighted by Crippen LogP contribution is 2.64. The van der Waals surface area contributed by atoms with E-state index in [2.05, 4.69) is 48.5 Å². The van der Waals surface area contributed by atoms with Crippen LogP contribution in [-0.4, -0.2) is 36.2 Å². The van der Waals surface area contributed by atoms with Crippen LogP contribution in [0.15, 0.2) is 158 Å². The van der Waals surface area contributed by atoms with E-state index in [1.807, 2.05) is 72.8 Å². The molecule has 6 rings (SSSR count). The standard InChI is InChI=1S/C42H34Cl4O2P2/c43-31-21-23-37(39(45)27-31)41(47)29-49(33-13-5-1-6-14-33,34-15-7-2-8-16-34)25-26-50(35-17-9-3-10-18-35,36-19-11-4-12-20-36)30-42(48)38-24-22-32(44)28-40(38)46/h1-24,27-28H,25-26,29-30H2/q+2. The van der Waals surface area contributed by atoms with E-state index in [9.17, 15) is 9.59 Å². The molecular formula is C42H34Cl4O2P2+2. The highest BCUT2D eigenvalue weighted by molar-refractivity contribution is 7.93. The number of benzene rings is 6. The van der Waals surface area contributed by atoms with Crippen molar-refractivity contribution in [2.45, 2.75) is 0 Å². The highest BCUT2D eigenvalue weighted by Gasteiger charge is 2.52. The fourth-order valence-corrected chi connectivity index (χ4v) is 17.4. The molecule has 0 amide bonds. The monoisotopic (exact) mass is 772 g/mol. The maximum atomic E-state index is 14.5. The van der Waals surface area contributed by atoms with Crippen LogP contribution in [0.1, 0.15) is 20.7 Å². The maximum Gasteiger partial charge on any atom is 0.202 e. The molecule has 0 N–H and O–H groups in total. The topological polar surface area (TPSA) is 34.1 Å². The van der Waals surface area contributed by atoms with Crippen LogP contribution in [0.4, 0.5) is 0 Å². The van der Waals surface area contributed by atoms with Gasteiger partial charge in [-0.15, -0.1) is 0 Å². The summed E-state index contributed by atoms with van der Waals surface area (Å²) in [6.07, 6.45) is 1.89. The van der Waals surface area contributed by atoms with Gasteiger partial charge in [0.1, 0.15) is 24.6 Å². The van der Waals surface area contributed by atoms with Gasteiger partial charge in [0.15, 0.2) is 0 Å². The van der Waals surface area contributed by atoms with Crippen LogP contribution in [0.3, 0.4) is 0 Å². The second kappa shape index (κ2) is 16.4. The summed E-state index contributed by atoms with van der Waals surface area (Å²) in [4.78, 5) is 28.9. The van der Waals surface area contributed by atoms with Crippen LogP contribution in [0, 0.1) is 0 Å². The van der Waals surface area contributed by atoms with E-state index >= 15 is 0 Å². The van der Waals surface area contributed by atoms with Crippen LogP contribution < -0.4 is 21.2 Å². The predicted octanol–water partition coefficient (Wildman–Crippen LogP) is 10.7. The molecule has 0 saturated heterocycles. The van der Waals surface area contributed by atoms with Crippen LogP contribution in [0.25, 0.3) is 0 Å². The number of Topliss-reactive ketones (excluding diaryl/α,β-unsaturated/α-hetero) is 2. The largest absolute Gasteiger partial charge is 0.290 e. The maximum absolute atomic E-state index is 14.5. The number of rotatable bonds is 13. The van der Waals surface area contributed by atoms with Crippen molar-refractivity contribution in [2.24, 2.45) is 0 Å². The number of hydrogen-bond acceptors (Lipinski definition) is 2. The van der Waals surface area contributed by atoms with E-state index in [1.54, 1.807) is 36.4 Å². The van der Waals surface area contributed by atoms with Gasteiger partial charge < -0.3 is 0 Å². The van der Waals surface area contributed by atoms with Crippen LogP contribution in [0.5, 0.6) is 0 Å². The Kier molecular flexibility index (Phi) is 11.9. The van der Waals surface area contributed by atoms with Gasteiger partial charge in [0, 0.05) is 21.2 Å². The van der Waals surface area contributed by atoms with Crippen molar-refractivity contribution >= 4 is 93.7 Å². The summed E-state index contributed by atoms with van der Waals surface area (Å²) in [5.74, 6) is -0.0832. The predicted molar refractivity (Wildman–Crippen MR) is 219 cm³/mol. The van der Waals surface area contributed by atoms with Gasteiger partial charge in [0.05, 0.1) is 45.8 Å². The Morgan fingerprint density at radius 2 is 0.680 bits per heavy atom. The third-order valence-corrected chi connectivity index (χ3v) is 19.4. The molecule has 0 bridgehead atoms. The van der Waals surface area contributed by atoms with Crippen molar-refractivity contribution in [3.8, 4) is 0 Å². The zero-order chi connectivity index (χ0) is 35.1. The van der Waals surface area contributed by atoms with Crippen molar-refractivity contribution in [2.75, 3.05) is 24.6 Å². The summed E-state index contributed by atoms with van der Waals surface area (Å²) in [5.41, 5.74) is 0.902. The Labute approximate surface area is 315 Å². The minimum absolute atomic E-state index is 0.0416. The van der Waals surface area contributed by atoms with Crippen molar-refractivity contribution in [1.82, 2.24) is 0 Å². The lowest BCUT2D eigenvalue weighted by atomic mass is 10.1. The third kappa shape index (κ3) is 7.93. The fourth-order valence-electron chi connectivity index (χ4n) is 6.62. The van der Waals surface area contributed by atoms with E-state index in [0.717, 1.165) is 21.2 Å². The Morgan fingerprint density at radius 3 is 0.940 bits per heavy atom. The molecule has 6 aromatic rings. The van der Waals surface area contributed by atoms with Gasteiger partial charge in [0.25, 0.3) is 0 Å². The average molecular weight is 774 g/mol. The van der Waals surface area contributed by atoms with Crippen LogP contribution in [0.2, 0.25) is 20.1 Å². The van der Waals surface area contributed by atoms with Gasteiger partial charge in [-0.3, -0.25) is 9.59 Å². The van der Waals surface area contributed by atoms with E-state index in [1.165, 1.54) is 0 Å². The van der Waals surface area contributed by atoms with E-state index in [4.69, 9.17) is 46.4 Å². The highest BCUT2D eigenvalue weighted by atomic mass is 35.5. The number of carbonyl (C=O) groups is 2. The molecular weight excluding hydrogens is 740 g/mol.